The van der Waals surface area contributed by atoms with Crippen LogP contribution < -0.4 is 10.1 Å². The summed E-state index contributed by atoms with van der Waals surface area (Å²) >= 11 is 0. The van der Waals surface area contributed by atoms with E-state index in [1.54, 1.807) is 25.3 Å². The smallest absolute Gasteiger partial charge is 0.150 e. The van der Waals surface area contributed by atoms with Gasteiger partial charge in [0.1, 0.15) is 15.6 Å². The minimum absolute atomic E-state index is 0.203. The van der Waals surface area contributed by atoms with Gasteiger partial charge in [0.2, 0.25) is 0 Å². The Kier molecular flexibility index (Phi) is 4.63. The van der Waals surface area contributed by atoms with Crippen molar-refractivity contribution in [1.29, 1.82) is 5.26 Å². The first kappa shape index (κ1) is 14.8. The summed E-state index contributed by atoms with van der Waals surface area (Å²) in [7, 11) is -1.23. The standard InChI is InChI=1S/C14H18N2O3S/c1-19-14-3-2-11(9-15)8-12(14)10-16-13-4-6-20(17,18)7-5-13/h2-3,8,13,16H,4-7,10H2,1H3. The minimum Gasteiger partial charge on any atom is -0.496 e. The van der Waals surface area contributed by atoms with E-state index in [9.17, 15) is 8.42 Å². The fraction of sp³-hybridized carbons (Fsp3) is 0.500. The van der Waals surface area contributed by atoms with Crippen molar-refractivity contribution in [2.75, 3.05) is 18.6 Å². The molecule has 0 spiro atoms. The van der Waals surface area contributed by atoms with E-state index in [2.05, 4.69) is 11.4 Å². The summed E-state index contributed by atoms with van der Waals surface area (Å²) in [6.07, 6.45) is 1.28. The molecular formula is C14H18N2O3S. The van der Waals surface area contributed by atoms with Crippen molar-refractivity contribution in [3.8, 4) is 11.8 Å². The topological polar surface area (TPSA) is 79.2 Å². The van der Waals surface area contributed by atoms with Crippen LogP contribution in [0.4, 0.5) is 0 Å². The third-order valence-corrected chi connectivity index (χ3v) is 5.26. The molecule has 0 radical (unpaired) electrons. The van der Waals surface area contributed by atoms with Gasteiger partial charge in [0.05, 0.1) is 30.2 Å². The number of methoxy groups -OCH3 is 1. The molecule has 0 bridgehead atoms. The van der Waals surface area contributed by atoms with Gasteiger partial charge in [-0.05, 0) is 31.0 Å². The summed E-state index contributed by atoms with van der Waals surface area (Å²) < 4.78 is 28.0. The number of hydrogen-bond acceptors (Lipinski definition) is 5. The van der Waals surface area contributed by atoms with Crippen LogP contribution in [0.2, 0.25) is 0 Å². The molecule has 1 aliphatic heterocycles. The third-order valence-electron chi connectivity index (χ3n) is 3.55. The van der Waals surface area contributed by atoms with E-state index in [4.69, 9.17) is 10.00 Å². The van der Waals surface area contributed by atoms with Crippen LogP contribution in [0.15, 0.2) is 18.2 Å². The Hall–Kier alpha value is -1.58. The van der Waals surface area contributed by atoms with Crippen molar-refractivity contribution in [3.05, 3.63) is 29.3 Å². The van der Waals surface area contributed by atoms with Crippen molar-refractivity contribution in [1.82, 2.24) is 5.32 Å². The molecule has 6 heteroatoms. The van der Waals surface area contributed by atoms with Crippen molar-refractivity contribution >= 4 is 9.84 Å². The molecule has 0 aliphatic carbocycles. The second-order valence-electron chi connectivity index (χ2n) is 4.95. The molecule has 1 heterocycles. The fourth-order valence-corrected chi connectivity index (χ4v) is 3.83. The van der Waals surface area contributed by atoms with Gasteiger partial charge < -0.3 is 10.1 Å². The summed E-state index contributed by atoms with van der Waals surface area (Å²) in [5, 5.41) is 12.3. The van der Waals surface area contributed by atoms with Crippen LogP contribution >= 0.6 is 0 Å². The second-order valence-corrected chi connectivity index (χ2v) is 7.25. The lowest BCUT2D eigenvalue weighted by atomic mass is 10.1. The highest BCUT2D eigenvalue weighted by molar-refractivity contribution is 7.91. The van der Waals surface area contributed by atoms with Crippen LogP contribution in [0.5, 0.6) is 5.75 Å². The maximum Gasteiger partial charge on any atom is 0.150 e. The van der Waals surface area contributed by atoms with Crippen molar-refractivity contribution < 1.29 is 13.2 Å². The van der Waals surface area contributed by atoms with Gasteiger partial charge in [-0.1, -0.05) is 0 Å². The zero-order valence-electron chi connectivity index (χ0n) is 11.4. The second kappa shape index (κ2) is 6.25. The molecule has 1 saturated heterocycles. The van der Waals surface area contributed by atoms with Crippen molar-refractivity contribution in [2.45, 2.75) is 25.4 Å². The number of sulfone groups is 1. The first-order valence-corrected chi connectivity index (χ1v) is 8.37. The molecule has 0 amide bonds. The molecule has 1 fully saturated rings. The van der Waals surface area contributed by atoms with E-state index < -0.39 is 9.84 Å². The molecule has 0 unspecified atom stereocenters. The number of nitrogens with one attached hydrogen (secondary N) is 1. The van der Waals surface area contributed by atoms with Crippen LogP contribution in [0, 0.1) is 11.3 Å². The fourth-order valence-electron chi connectivity index (χ4n) is 2.33. The maximum atomic E-state index is 11.4. The molecule has 108 valence electrons. The summed E-state index contributed by atoms with van der Waals surface area (Å²) in [5.41, 5.74) is 1.51. The largest absolute Gasteiger partial charge is 0.496 e. The Morgan fingerprint density at radius 1 is 1.40 bits per heavy atom. The average Bonchev–Trinajstić information content (AvgIpc) is 2.45. The molecule has 5 nitrogen and oxygen atoms in total. The number of rotatable bonds is 4. The Labute approximate surface area is 119 Å². The number of benzene rings is 1. The van der Waals surface area contributed by atoms with E-state index in [1.807, 2.05) is 0 Å². The van der Waals surface area contributed by atoms with Crippen molar-refractivity contribution in [3.63, 3.8) is 0 Å². The van der Waals surface area contributed by atoms with Crippen LogP contribution in [0.25, 0.3) is 0 Å². The molecule has 1 N–H and O–H groups in total. The SMILES string of the molecule is COc1ccc(C#N)cc1CNC1CCS(=O)(=O)CC1. The molecule has 20 heavy (non-hydrogen) atoms. The summed E-state index contributed by atoms with van der Waals surface area (Å²) in [6, 6.07) is 7.60. The van der Waals surface area contributed by atoms with Crippen LogP contribution in [-0.2, 0) is 16.4 Å². The minimum atomic E-state index is -2.83. The lowest BCUT2D eigenvalue weighted by Crippen LogP contribution is -2.37. The average molecular weight is 294 g/mol. The molecule has 1 aromatic rings. The lowest BCUT2D eigenvalue weighted by molar-refractivity contribution is 0.402. The predicted octanol–water partition coefficient (Wildman–Crippen LogP) is 1.23. The molecule has 1 aromatic carbocycles. The molecule has 1 aliphatic rings. The highest BCUT2D eigenvalue weighted by atomic mass is 32.2. The quantitative estimate of drug-likeness (QED) is 0.903. The normalized spacial score (nSPS) is 18.4. The number of nitrogens with zero attached hydrogens (tertiary/aromatic N) is 1. The van der Waals surface area contributed by atoms with Gasteiger partial charge in [0, 0.05) is 18.2 Å². The number of hydrogen-bond donors (Lipinski definition) is 1. The van der Waals surface area contributed by atoms with E-state index in [0.717, 1.165) is 11.3 Å². The van der Waals surface area contributed by atoms with E-state index in [1.165, 1.54) is 0 Å². The summed E-state index contributed by atoms with van der Waals surface area (Å²) in [4.78, 5) is 0. The Bertz CT molecular complexity index is 606. The molecule has 0 saturated carbocycles. The van der Waals surface area contributed by atoms with Gasteiger partial charge in [0.15, 0.2) is 0 Å². The first-order valence-electron chi connectivity index (χ1n) is 6.55. The van der Waals surface area contributed by atoms with Gasteiger partial charge >= 0.3 is 0 Å². The molecular weight excluding hydrogens is 276 g/mol. The number of ether oxygens (including phenoxy) is 1. The molecule has 2 rings (SSSR count). The van der Waals surface area contributed by atoms with Gasteiger partial charge in [0.25, 0.3) is 0 Å². The Balaban J connectivity index is 1.99. The van der Waals surface area contributed by atoms with E-state index in [-0.39, 0.29) is 17.5 Å². The van der Waals surface area contributed by atoms with Gasteiger partial charge in [-0.3, -0.25) is 0 Å². The summed E-state index contributed by atoms with van der Waals surface area (Å²) in [5.74, 6) is 1.24. The zero-order chi connectivity index (χ0) is 14.6. The lowest BCUT2D eigenvalue weighted by Gasteiger charge is -2.23. The number of nitriles is 1. The van der Waals surface area contributed by atoms with Crippen LogP contribution in [-0.4, -0.2) is 33.1 Å². The van der Waals surface area contributed by atoms with Gasteiger partial charge in [-0.25, -0.2) is 8.42 Å². The van der Waals surface area contributed by atoms with E-state index >= 15 is 0 Å². The highest BCUT2D eigenvalue weighted by Crippen LogP contribution is 2.20. The van der Waals surface area contributed by atoms with Crippen LogP contribution in [0.3, 0.4) is 0 Å². The van der Waals surface area contributed by atoms with Gasteiger partial charge in [-0.2, -0.15) is 5.26 Å². The maximum absolute atomic E-state index is 11.4. The van der Waals surface area contributed by atoms with Crippen LogP contribution in [0.1, 0.15) is 24.0 Å². The first-order chi connectivity index (χ1) is 9.54. The van der Waals surface area contributed by atoms with Gasteiger partial charge in [-0.15, -0.1) is 0 Å². The molecule has 0 aromatic heterocycles. The predicted molar refractivity (Wildman–Crippen MR) is 76.2 cm³/mol. The van der Waals surface area contributed by atoms with E-state index in [0.29, 0.717) is 24.9 Å². The Morgan fingerprint density at radius 2 is 2.10 bits per heavy atom. The Morgan fingerprint density at radius 3 is 2.70 bits per heavy atom. The molecule has 0 atom stereocenters. The zero-order valence-corrected chi connectivity index (χ0v) is 12.2. The third kappa shape index (κ3) is 3.71. The monoisotopic (exact) mass is 294 g/mol. The highest BCUT2D eigenvalue weighted by Gasteiger charge is 2.23. The van der Waals surface area contributed by atoms with Crippen molar-refractivity contribution in [2.24, 2.45) is 0 Å². The summed E-state index contributed by atoms with van der Waals surface area (Å²) in [6.45, 7) is 0.573.